The molecule has 0 saturated carbocycles. The average molecular weight is 313 g/mol. The summed E-state index contributed by atoms with van der Waals surface area (Å²) in [6.45, 7) is 2.23. The third-order valence-corrected chi connectivity index (χ3v) is 4.20. The first-order valence-corrected chi connectivity index (χ1v) is 8.27. The average Bonchev–Trinajstić information content (AvgIpc) is 3.25. The van der Waals surface area contributed by atoms with E-state index in [9.17, 15) is 4.79 Å². The van der Waals surface area contributed by atoms with Crippen LogP contribution in [0.1, 0.15) is 25.7 Å². The van der Waals surface area contributed by atoms with Gasteiger partial charge in [-0.15, -0.1) is 0 Å². The van der Waals surface area contributed by atoms with Crippen LogP contribution in [0.4, 0.5) is 0 Å². The van der Waals surface area contributed by atoms with Crippen LogP contribution in [-0.4, -0.2) is 39.8 Å². The highest BCUT2D eigenvalue weighted by Gasteiger charge is 2.28. The normalized spacial score (nSPS) is 17.4. The highest BCUT2D eigenvalue weighted by Crippen LogP contribution is 2.20. The third kappa shape index (κ3) is 4.34. The molecule has 122 valence electrons. The number of hydrogen-bond acceptors (Lipinski definition) is 3. The zero-order valence-electron chi connectivity index (χ0n) is 13.3. The van der Waals surface area contributed by atoms with Crippen molar-refractivity contribution in [1.82, 2.24) is 14.7 Å². The topological polar surface area (TPSA) is 47.4 Å². The summed E-state index contributed by atoms with van der Waals surface area (Å²) in [5.74, 6) is 1.09. The predicted molar refractivity (Wildman–Crippen MR) is 88.1 cm³/mol. The molecule has 2 aromatic rings. The molecule has 3 rings (SSSR count). The molecule has 0 radical (unpaired) electrons. The lowest BCUT2D eigenvalue weighted by Crippen LogP contribution is -2.38. The molecule has 0 aliphatic carbocycles. The standard InChI is InChI=1S/C18H23N3O2/c22-18(10-5-14-23-17-8-2-1-3-9-17)21-13-4-7-16(21)15-20-12-6-11-19-20/h1-3,6,8-9,11-12,16H,4-5,7,10,13-15H2/t16-/m1/s1. The van der Waals surface area contributed by atoms with E-state index < -0.39 is 0 Å². The van der Waals surface area contributed by atoms with E-state index in [0.717, 1.165) is 38.1 Å². The molecule has 1 atom stereocenters. The number of aromatic nitrogens is 2. The van der Waals surface area contributed by atoms with Gasteiger partial charge in [0.15, 0.2) is 0 Å². The van der Waals surface area contributed by atoms with Gasteiger partial charge in [0, 0.05) is 25.4 Å². The molecule has 1 aromatic heterocycles. The van der Waals surface area contributed by atoms with Gasteiger partial charge in [0.25, 0.3) is 0 Å². The molecule has 1 saturated heterocycles. The molecule has 5 heteroatoms. The first-order chi connectivity index (χ1) is 11.3. The molecule has 1 aliphatic rings. The van der Waals surface area contributed by atoms with Crippen molar-refractivity contribution in [1.29, 1.82) is 0 Å². The Morgan fingerprint density at radius 1 is 1.26 bits per heavy atom. The first-order valence-electron chi connectivity index (χ1n) is 8.27. The van der Waals surface area contributed by atoms with E-state index in [0.29, 0.717) is 13.0 Å². The predicted octanol–water partition coefficient (Wildman–Crippen LogP) is 2.73. The zero-order chi connectivity index (χ0) is 15.9. The highest BCUT2D eigenvalue weighted by atomic mass is 16.5. The molecule has 1 aliphatic heterocycles. The van der Waals surface area contributed by atoms with Crippen LogP contribution in [0.5, 0.6) is 5.75 Å². The van der Waals surface area contributed by atoms with Gasteiger partial charge in [-0.3, -0.25) is 9.48 Å². The quantitative estimate of drug-likeness (QED) is 0.739. The maximum Gasteiger partial charge on any atom is 0.223 e. The van der Waals surface area contributed by atoms with Gasteiger partial charge in [0.1, 0.15) is 5.75 Å². The summed E-state index contributed by atoms with van der Waals surface area (Å²) in [5.41, 5.74) is 0. The largest absolute Gasteiger partial charge is 0.494 e. The zero-order valence-corrected chi connectivity index (χ0v) is 13.3. The second kappa shape index (κ2) is 7.81. The van der Waals surface area contributed by atoms with Crippen LogP contribution in [0, 0.1) is 0 Å². The van der Waals surface area contributed by atoms with Gasteiger partial charge in [-0.1, -0.05) is 18.2 Å². The van der Waals surface area contributed by atoms with Crippen molar-refractivity contribution in [2.24, 2.45) is 0 Å². The number of para-hydroxylation sites is 1. The molecule has 0 N–H and O–H groups in total. The van der Waals surface area contributed by atoms with Crippen LogP contribution in [-0.2, 0) is 11.3 Å². The fourth-order valence-corrected chi connectivity index (χ4v) is 3.05. The fourth-order valence-electron chi connectivity index (χ4n) is 3.05. The van der Waals surface area contributed by atoms with E-state index in [1.807, 2.05) is 52.2 Å². The lowest BCUT2D eigenvalue weighted by Gasteiger charge is -2.24. The minimum atomic E-state index is 0.233. The minimum Gasteiger partial charge on any atom is -0.494 e. The molecule has 0 bridgehead atoms. The smallest absolute Gasteiger partial charge is 0.223 e. The maximum absolute atomic E-state index is 12.4. The number of carbonyl (C=O) groups excluding carboxylic acids is 1. The lowest BCUT2D eigenvalue weighted by atomic mass is 10.2. The van der Waals surface area contributed by atoms with E-state index in [2.05, 4.69) is 5.10 Å². The number of hydrogen-bond donors (Lipinski definition) is 0. The van der Waals surface area contributed by atoms with Gasteiger partial charge in [-0.25, -0.2) is 0 Å². The van der Waals surface area contributed by atoms with Crippen LogP contribution in [0.3, 0.4) is 0 Å². The van der Waals surface area contributed by atoms with Gasteiger partial charge in [-0.2, -0.15) is 5.10 Å². The van der Waals surface area contributed by atoms with E-state index in [1.165, 1.54) is 0 Å². The van der Waals surface area contributed by atoms with E-state index in [4.69, 9.17) is 4.74 Å². The van der Waals surface area contributed by atoms with Crippen LogP contribution >= 0.6 is 0 Å². The number of likely N-dealkylation sites (tertiary alicyclic amines) is 1. The van der Waals surface area contributed by atoms with Crippen molar-refractivity contribution in [2.75, 3.05) is 13.2 Å². The number of amides is 1. The molecule has 1 amide bonds. The molecule has 0 unspecified atom stereocenters. The maximum atomic E-state index is 12.4. The Bertz CT molecular complexity index is 598. The van der Waals surface area contributed by atoms with Crippen LogP contribution in [0.15, 0.2) is 48.8 Å². The van der Waals surface area contributed by atoms with E-state index in [-0.39, 0.29) is 11.9 Å². The Morgan fingerprint density at radius 2 is 2.13 bits per heavy atom. The van der Waals surface area contributed by atoms with E-state index in [1.54, 1.807) is 6.20 Å². The second-order valence-electron chi connectivity index (χ2n) is 5.88. The summed E-state index contributed by atoms with van der Waals surface area (Å²) in [6.07, 6.45) is 7.17. The summed E-state index contributed by atoms with van der Waals surface area (Å²) >= 11 is 0. The van der Waals surface area contributed by atoms with Crippen molar-refractivity contribution >= 4 is 5.91 Å². The van der Waals surface area contributed by atoms with Crippen molar-refractivity contribution in [3.8, 4) is 5.75 Å². The monoisotopic (exact) mass is 313 g/mol. The van der Waals surface area contributed by atoms with Crippen LogP contribution < -0.4 is 4.74 Å². The lowest BCUT2D eigenvalue weighted by molar-refractivity contribution is -0.132. The summed E-state index contributed by atoms with van der Waals surface area (Å²) in [4.78, 5) is 14.5. The summed E-state index contributed by atoms with van der Waals surface area (Å²) < 4.78 is 7.56. The van der Waals surface area contributed by atoms with Crippen molar-refractivity contribution < 1.29 is 9.53 Å². The number of ether oxygens (including phenoxy) is 1. The Morgan fingerprint density at radius 3 is 2.91 bits per heavy atom. The molecular weight excluding hydrogens is 290 g/mol. The Balaban J connectivity index is 1.42. The van der Waals surface area contributed by atoms with Crippen molar-refractivity contribution in [2.45, 2.75) is 38.3 Å². The number of nitrogens with zero attached hydrogens (tertiary/aromatic N) is 3. The highest BCUT2D eigenvalue weighted by molar-refractivity contribution is 5.76. The Hall–Kier alpha value is -2.30. The molecule has 1 aromatic carbocycles. The van der Waals surface area contributed by atoms with Gasteiger partial charge >= 0.3 is 0 Å². The molecule has 1 fully saturated rings. The summed E-state index contributed by atoms with van der Waals surface area (Å²) in [7, 11) is 0. The number of carbonyl (C=O) groups is 1. The van der Waals surface area contributed by atoms with Gasteiger partial charge < -0.3 is 9.64 Å². The molecular formula is C18H23N3O2. The SMILES string of the molecule is O=C(CCCOc1ccccc1)N1CCC[C@@H]1Cn1cccn1. The molecule has 23 heavy (non-hydrogen) atoms. The molecule has 0 spiro atoms. The van der Waals surface area contributed by atoms with Crippen molar-refractivity contribution in [3.05, 3.63) is 48.8 Å². The third-order valence-electron chi connectivity index (χ3n) is 4.20. The molecule has 2 heterocycles. The Labute approximate surface area is 136 Å². The minimum absolute atomic E-state index is 0.233. The Kier molecular flexibility index (Phi) is 5.29. The van der Waals surface area contributed by atoms with Crippen LogP contribution in [0.25, 0.3) is 0 Å². The first kappa shape index (κ1) is 15.6. The number of benzene rings is 1. The number of rotatable bonds is 7. The van der Waals surface area contributed by atoms with Crippen LogP contribution in [0.2, 0.25) is 0 Å². The second-order valence-corrected chi connectivity index (χ2v) is 5.88. The fraction of sp³-hybridized carbons (Fsp3) is 0.444. The van der Waals surface area contributed by atoms with Gasteiger partial charge in [-0.05, 0) is 37.5 Å². The van der Waals surface area contributed by atoms with Crippen molar-refractivity contribution in [3.63, 3.8) is 0 Å². The molecule has 5 nitrogen and oxygen atoms in total. The van der Waals surface area contributed by atoms with Gasteiger partial charge in [0.2, 0.25) is 5.91 Å². The summed E-state index contributed by atoms with van der Waals surface area (Å²) in [6, 6.07) is 11.9. The summed E-state index contributed by atoms with van der Waals surface area (Å²) in [5, 5.41) is 4.24. The van der Waals surface area contributed by atoms with Gasteiger partial charge in [0.05, 0.1) is 19.2 Å². The van der Waals surface area contributed by atoms with E-state index >= 15 is 0 Å².